The van der Waals surface area contributed by atoms with Gasteiger partial charge in [0.05, 0.1) is 24.0 Å². The third kappa shape index (κ3) is 4.31. The lowest BCUT2D eigenvalue weighted by molar-refractivity contribution is -0.122. The first kappa shape index (κ1) is 23.2. The Hall–Kier alpha value is -4.52. The predicted octanol–water partition coefficient (Wildman–Crippen LogP) is 5.29. The maximum absolute atomic E-state index is 13.5. The standard InChI is InChI=1S/C29H25NO6/c1-17(2)16-34-22-14-13-18(15-23(22)33-3)24-25-26(20-11-7-8-12-21(20)35-29(25)32)36-27(24)28(31)30-19-9-5-4-6-10-19/h4-15,24,27H,1,16H2,2-3H3,(H,30,31)/t24-,27-/m1/s1. The lowest BCUT2D eigenvalue weighted by Crippen LogP contribution is -2.35. The molecule has 0 spiro atoms. The van der Waals surface area contributed by atoms with Gasteiger partial charge in [-0.15, -0.1) is 0 Å². The fourth-order valence-corrected chi connectivity index (χ4v) is 4.36. The van der Waals surface area contributed by atoms with Gasteiger partial charge in [-0.1, -0.05) is 43.0 Å². The average Bonchev–Trinajstić information content (AvgIpc) is 3.30. The van der Waals surface area contributed by atoms with Gasteiger partial charge in [0.15, 0.2) is 17.6 Å². The van der Waals surface area contributed by atoms with Crippen molar-refractivity contribution in [2.24, 2.45) is 0 Å². The molecule has 0 unspecified atom stereocenters. The first-order valence-electron chi connectivity index (χ1n) is 11.5. The van der Waals surface area contributed by atoms with Crippen molar-refractivity contribution in [2.75, 3.05) is 19.0 Å². The van der Waals surface area contributed by atoms with Crippen molar-refractivity contribution in [1.29, 1.82) is 0 Å². The highest BCUT2D eigenvalue weighted by Gasteiger charge is 2.44. The van der Waals surface area contributed by atoms with Gasteiger partial charge < -0.3 is 23.9 Å². The molecule has 1 aromatic heterocycles. The fourth-order valence-electron chi connectivity index (χ4n) is 4.36. The van der Waals surface area contributed by atoms with Crippen LogP contribution in [0.4, 0.5) is 5.69 Å². The number of para-hydroxylation sites is 2. The summed E-state index contributed by atoms with van der Waals surface area (Å²) in [6, 6.07) is 21.5. The number of amides is 1. The molecule has 2 atom stereocenters. The van der Waals surface area contributed by atoms with Gasteiger partial charge in [0, 0.05) is 5.69 Å². The first-order chi connectivity index (χ1) is 17.5. The number of hydrogen-bond acceptors (Lipinski definition) is 6. The molecule has 1 aliphatic heterocycles. The summed E-state index contributed by atoms with van der Waals surface area (Å²) in [7, 11) is 1.54. The highest BCUT2D eigenvalue weighted by Crippen LogP contribution is 2.46. The number of rotatable bonds is 7. The van der Waals surface area contributed by atoms with Crippen molar-refractivity contribution in [2.45, 2.75) is 18.9 Å². The normalized spacial score (nSPS) is 16.2. The molecular formula is C29H25NO6. The van der Waals surface area contributed by atoms with Gasteiger partial charge in [-0.2, -0.15) is 0 Å². The van der Waals surface area contributed by atoms with Crippen LogP contribution >= 0.6 is 0 Å². The quantitative estimate of drug-likeness (QED) is 0.284. The number of hydrogen-bond donors (Lipinski definition) is 1. The molecule has 1 N–H and O–H groups in total. The minimum absolute atomic E-state index is 0.291. The van der Waals surface area contributed by atoms with Crippen LogP contribution in [0.1, 0.15) is 24.0 Å². The van der Waals surface area contributed by atoms with E-state index < -0.39 is 17.6 Å². The van der Waals surface area contributed by atoms with Crippen molar-refractivity contribution in [1.82, 2.24) is 0 Å². The van der Waals surface area contributed by atoms with Crippen molar-refractivity contribution in [3.05, 3.63) is 106 Å². The Morgan fingerprint density at radius 2 is 1.78 bits per heavy atom. The number of methoxy groups -OCH3 is 1. The van der Waals surface area contributed by atoms with E-state index in [1.54, 1.807) is 48.5 Å². The molecule has 0 radical (unpaired) electrons. The summed E-state index contributed by atoms with van der Waals surface area (Å²) in [5, 5.41) is 3.52. The van der Waals surface area contributed by atoms with Crippen LogP contribution in [-0.2, 0) is 4.79 Å². The molecule has 1 amide bonds. The van der Waals surface area contributed by atoms with Crippen LogP contribution in [0.2, 0.25) is 0 Å². The van der Waals surface area contributed by atoms with Crippen molar-refractivity contribution >= 4 is 22.6 Å². The molecular weight excluding hydrogens is 458 g/mol. The third-order valence-corrected chi connectivity index (χ3v) is 5.98. The SMILES string of the molecule is C=C(C)COc1ccc([C@@H]2c3c(c4ccccc4oc3=O)O[C@H]2C(=O)Nc2ccccc2)cc1OC. The summed E-state index contributed by atoms with van der Waals surface area (Å²) >= 11 is 0. The lowest BCUT2D eigenvalue weighted by atomic mass is 9.88. The van der Waals surface area contributed by atoms with Gasteiger partial charge in [-0.25, -0.2) is 4.79 Å². The second-order valence-corrected chi connectivity index (χ2v) is 8.66. The van der Waals surface area contributed by atoms with Crippen LogP contribution < -0.4 is 25.2 Å². The van der Waals surface area contributed by atoms with Gasteiger partial charge in [0.25, 0.3) is 5.91 Å². The summed E-state index contributed by atoms with van der Waals surface area (Å²) in [5.41, 5.74) is 2.28. The second kappa shape index (κ2) is 9.62. The Morgan fingerprint density at radius 1 is 1.03 bits per heavy atom. The summed E-state index contributed by atoms with van der Waals surface area (Å²) < 4.78 is 23.2. The third-order valence-electron chi connectivity index (χ3n) is 5.98. The summed E-state index contributed by atoms with van der Waals surface area (Å²) in [6.45, 7) is 6.06. The van der Waals surface area contributed by atoms with E-state index in [2.05, 4.69) is 11.9 Å². The van der Waals surface area contributed by atoms with Crippen molar-refractivity contribution in [3.8, 4) is 17.2 Å². The van der Waals surface area contributed by atoms with Crippen molar-refractivity contribution in [3.63, 3.8) is 0 Å². The van der Waals surface area contributed by atoms with Crippen LogP contribution in [0.25, 0.3) is 11.0 Å². The second-order valence-electron chi connectivity index (χ2n) is 8.66. The number of ether oxygens (including phenoxy) is 3. The molecule has 36 heavy (non-hydrogen) atoms. The number of carbonyl (C=O) groups is 1. The van der Waals surface area contributed by atoms with Gasteiger partial charge in [-0.05, 0) is 54.5 Å². The molecule has 0 aliphatic carbocycles. The van der Waals surface area contributed by atoms with Crippen LogP contribution in [0.5, 0.6) is 17.2 Å². The highest BCUT2D eigenvalue weighted by molar-refractivity contribution is 5.97. The Morgan fingerprint density at radius 3 is 2.53 bits per heavy atom. The number of carbonyl (C=O) groups excluding carboxylic acids is 1. The van der Waals surface area contributed by atoms with E-state index in [0.29, 0.717) is 51.6 Å². The number of benzene rings is 3. The van der Waals surface area contributed by atoms with E-state index in [1.165, 1.54) is 7.11 Å². The molecule has 0 fully saturated rings. The number of anilines is 1. The van der Waals surface area contributed by atoms with E-state index in [1.807, 2.05) is 31.2 Å². The molecule has 2 heterocycles. The Balaban J connectivity index is 1.62. The van der Waals surface area contributed by atoms with Gasteiger partial charge in [0.1, 0.15) is 17.9 Å². The smallest absolute Gasteiger partial charge is 0.344 e. The molecule has 0 bridgehead atoms. The van der Waals surface area contributed by atoms with E-state index in [4.69, 9.17) is 18.6 Å². The van der Waals surface area contributed by atoms with E-state index in [9.17, 15) is 9.59 Å². The van der Waals surface area contributed by atoms with Crippen molar-refractivity contribution < 1.29 is 23.4 Å². The zero-order valence-corrected chi connectivity index (χ0v) is 19.9. The predicted molar refractivity (Wildman–Crippen MR) is 137 cm³/mol. The largest absolute Gasteiger partial charge is 0.493 e. The Labute approximate surface area is 207 Å². The molecule has 7 nitrogen and oxygen atoms in total. The zero-order valence-electron chi connectivity index (χ0n) is 19.9. The topological polar surface area (TPSA) is 87.0 Å². The van der Waals surface area contributed by atoms with E-state index in [-0.39, 0.29) is 5.91 Å². The van der Waals surface area contributed by atoms with E-state index >= 15 is 0 Å². The van der Waals surface area contributed by atoms with Crippen LogP contribution in [0, 0.1) is 0 Å². The molecule has 0 saturated heterocycles. The van der Waals surface area contributed by atoms with Gasteiger partial charge in [0.2, 0.25) is 0 Å². The monoisotopic (exact) mass is 483 g/mol. The van der Waals surface area contributed by atoms with Crippen LogP contribution in [0.15, 0.2) is 94.2 Å². The summed E-state index contributed by atoms with van der Waals surface area (Å²) in [6.07, 6.45) is -1.01. The Kier molecular flexibility index (Phi) is 6.21. The molecule has 0 saturated carbocycles. The average molecular weight is 484 g/mol. The van der Waals surface area contributed by atoms with Gasteiger partial charge >= 0.3 is 5.63 Å². The Bertz CT molecular complexity index is 1510. The molecule has 5 rings (SSSR count). The minimum atomic E-state index is -1.01. The minimum Gasteiger partial charge on any atom is -0.493 e. The number of fused-ring (bicyclic) bond motifs is 3. The van der Waals surface area contributed by atoms with Gasteiger partial charge in [-0.3, -0.25) is 4.79 Å². The summed E-state index contributed by atoms with van der Waals surface area (Å²) in [4.78, 5) is 26.7. The molecule has 4 aromatic rings. The highest BCUT2D eigenvalue weighted by atomic mass is 16.5. The van der Waals surface area contributed by atoms with Crippen LogP contribution in [0.3, 0.4) is 0 Å². The van der Waals surface area contributed by atoms with Crippen LogP contribution in [-0.4, -0.2) is 25.7 Å². The maximum atomic E-state index is 13.5. The first-order valence-corrected chi connectivity index (χ1v) is 11.5. The molecule has 182 valence electrons. The zero-order chi connectivity index (χ0) is 25.2. The molecule has 3 aromatic carbocycles. The molecule has 7 heteroatoms. The van der Waals surface area contributed by atoms with E-state index in [0.717, 1.165) is 5.57 Å². The number of nitrogens with one attached hydrogen (secondary N) is 1. The fraction of sp³-hybridized carbons (Fsp3) is 0.172. The lowest BCUT2D eigenvalue weighted by Gasteiger charge is -2.20. The molecule has 1 aliphatic rings. The maximum Gasteiger partial charge on any atom is 0.344 e. The summed E-state index contributed by atoms with van der Waals surface area (Å²) in [5.74, 6) is 0.233.